The van der Waals surface area contributed by atoms with Gasteiger partial charge in [-0.2, -0.15) is 4.31 Å². The van der Waals surface area contributed by atoms with Gasteiger partial charge >= 0.3 is 0 Å². The molecule has 176 valence electrons. The second kappa shape index (κ2) is 9.28. The van der Waals surface area contributed by atoms with Gasteiger partial charge in [-0.15, -0.1) is 0 Å². The van der Waals surface area contributed by atoms with E-state index in [0.29, 0.717) is 29.5 Å². The molecule has 1 aliphatic rings. The monoisotopic (exact) mass is 496 g/mol. The summed E-state index contributed by atoms with van der Waals surface area (Å²) in [5.74, 6) is 1.26. The number of hydrogen-bond donors (Lipinski definition) is 0. The first kappa shape index (κ1) is 22.7. The molecular formula is C24H24N4O4S2. The topological polar surface area (TPSA) is 86.0 Å². The zero-order valence-electron chi connectivity index (χ0n) is 18.8. The van der Waals surface area contributed by atoms with Gasteiger partial charge in [-0.3, -0.25) is 4.40 Å². The summed E-state index contributed by atoms with van der Waals surface area (Å²) in [6.07, 6.45) is 5.41. The number of ether oxygens (including phenoxy) is 2. The third kappa shape index (κ3) is 4.24. The summed E-state index contributed by atoms with van der Waals surface area (Å²) in [5, 5.41) is 0.718. The molecule has 0 atom stereocenters. The first-order valence-electron chi connectivity index (χ1n) is 10.8. The van der Waals surface area contributed by atoms with Crippen LogP contribution in [0, 0.1) is 0 Å². The molecule has 8 nitrogen and oxygen atoms in total. The van der Waals surface area contributed by atoms with Crippen molar-refractivity contribution in [2.24, 2.45) is 0 Å². The molecule has 34 heavy (non-hydrogen) atoms. The van der Waals surface area contributed by atoms with Gasteiger partial charge in [0.15, 0.2) is 16.7 Å². The first-order chi connectivity index (χ1) is 16.5. The van der Waals surface area contributed by atoms with E-state index in [1.807, 2.05) is 47.0 Å². The van der Waals surface area contributed by atoms with Crippen LogP contribution in [0.25, 0.3) is 16.9 Å². The van der Waals surface area contributed by atoms with Crippen LogP contribution in [0.4, 0.5) is 0 Å². The molecule has 2 aromatic carbocycles. The lowest BCUT2D eigenvalue weighted by Crippen LogP contribution is -2.27. The van der Waals surface area contributed by atoms with E-state index < -0.39 is 10.0 Å². The van der Waals surface area contributed by atoms with Crippen LogP contribution in [0.3, 0.4) is 0 Å². The number of rotatable bonds is 7. The lowest BCUT2D eigenvalue weighted by atomic mass is 10.1. The minimum atomic E-state index is -3.44. The van der Waals surface area contributed by atoms with Gasteiger partial charge in [-0.25, -0.2) is 18.4 Å². The van der Waals surface area contributed by atoms with Crippen LogP contribution in [0.5, 0.6) is 11.5 Å². The van der Waals surface area contributed by atoms with Gasteiger partial charge in [-0.1, -0.05) is 11.8 Å². The van der Waals surface area contributed by atoms with E-state index in [1.54, 1.807) is 36.9 Å². The van der Waals surface area contributed by atoms with Crippen molar-refractivity contribution in [2.45, 2.75) is 27.8 Å². The summed E-state index contributed by atoms with van der Waals surface area (Å²) in [7, 11) is -0.239. The molecule has 3 heterocycles. The lowest BCUT2D eigenvalue weighted by Gasteiger charge is -2.15. The summed E-state index contributed by atoms with van der Waals surface area (Å²) in [5.41, 5.74) is 2.38. The van der Waals surface area contributed by atoms with Crippen LogP contribution < -0.4 is 9.47 Å². The number of hydrogen-bond acceptors (Lipinski definition) is 7. The number of nitrogens with zero attached hydrogens (tertiary/aromatic N) is 4. The molecule has 0 unspecified atom stereocenters. The predicted molar refractivity (Wildman–Crippen MR) is 130 cm³/mol. The SMILES string of the molecule is COc1ccc(-c2cc3nccn3c(Sc3ccc(S(=O)(=O)N4CCCC4)cc3)n2)cc1OC. The van der Waals surface area contributed by atoms with Gasteiger partial charge in [0, 0.05) is 42.0 Å². The standard InChI is InChI=1S/C24H24N4O4S2/c1-31-21-10-5-17(15-22(21)32-2)20-16-23-25-11-14-28(23)24(26-20)33-18-6-8-19(9-7-18)34(29,30)27-12-3-4-13-27/h5-11,14-16H,3-4,12-13H2,1-2H3. The Kier molecular flexibility index (Phi) is 6.20. The van der Waals surface area contributed by atoms with Crippen molar-refractivity contribution in [3.05, 3.63) is 60.9 Å². The Morgan fingerprint density at radius 1 is 0.941 bits per heavy atom. The molecule has 0 aliphatic carbocycles. The van der Waals surface area contributed by atoms with E-state index in [2.05, 4.69) is 4.98 Å². The molecule has 4 aromatic rings. The van der Waals surface area contributed by atoms with Crippen molar-refractivity contribution in [3.8, 4) is 22.8 Å². The summed E-state index contributed by atoms with van der Waals surface area (Å²) < 4.78 is 39.9. The minimum absolute atomic E-state index is 0.318. The van der Waals surface area contributed by atoms with E-state index in [4.69, 9.17) is 14.5 Å². The number of sulfonamides is 1. The van der Waals surface area contributed by atoms with E-state index >= 15 is 0 Å². The highest BCUT2D eigenvalue weighted by atomic mass is 32.2. The van der Waals surface area contributed by atoms with Crippen molar-refractivity contribution in [1.29, 1.82) is 0 Å². The van der Waals surface area contributed by atoms with Crippen molar-refractivity contribution < 1.29 is 17.9 Å². The number of fused-ring (bicyclic) bond motifs is 1. The number of aromatic nitrogens is 3. The van der Waals surface area contributed by atoms with Gasteiger partial charge in [0.05, 0.1) is 24.8 Å². The summed E-state index contributed by atoms with van der Waals surface area (Å²) in [6, 6.07) is 14.5. The maximum absolute atomic E-state index is 12.8. The van der Waals surface area contributed by atoms with E-state index in [1.165, 1.54) is 11.8 Å². The molecule has 1 saturated heterocycles. The summed E-state index contributed by atoms with van der Waals surface area (Å²) >= 11 is 1.45. The smallest absolute Gasteiger partial charge is 0.243 e. The maximum atomic E-state index is 12.8. The third-order valence-corrected chi connectivity index (χ3v) is 8.66. The molecular weight excluding hydrogens is 472 g/mol. The van der Waals surface area contributed by atoms with Gasteiger partial charge in [0.25, 0.3) is 0 Å². The normalized spacial score (nSPS) is 14.5. The molecule has 0 N–H and O–H groups in total. The molecule has 0 spiro atoms. The van der Waals surface area contributed by atoms with Crippen LogP contribution >= 0.6 is 11.8 Å². The molecule has 0 amide bonds. The quantitative estimate of drug-likeness (QED) is 0.352. The molecule has 1 fully saturated rings. The highest BCUT2D eigenvalue weighted by Crippen LogP contribution is 2.34. The molecule has 0 radical (unpaired) electrons. The Hall–Kier alpha value is -3.08. The van der Waals surface area contributed by atoms with Gasteiger partial charge in [-0.05, 0) is 55.3 Å². The van der Waals surface area contributed by atoms with Crippen molar-refractivity contribution in [1.82, 2.24) is 18.7 Å². The largest absolute Gasteiger partial charge is 0.493 e. The van der Waals surface area contributed by atoms with E-state index in [9.17, 15) is 8.42 Å². The molecule has 5 rings (SSSR count). The number of imidazole rings is 1. The molecule has 10 heteroatoms. The number of benzene rings is 2. The van der Waals surface area contributed by atoms with Crippen LogP contribution in [0.15, 0.2) is 75.9 Å². The summed E-state index contributed by atoms with van der Waals surface area (Å²) in [6.45, 7) is 1.18. The number of methoxy groups -OCH3 is 2. The third-order valence-electron chi connectivity index (χ3n) is 5.77. The average molecular weight is 497 g/mol. The fourth-order valence-electron chi connectivity index (χ4n) is 3.97. The lowest BCUT2D eigenvalue weighted by molar-refractivity contribution is 0.355. The molecule has 2 aromatic heterocycles. The van der Waals surface area contributed by atoms with Gasteiger partial charge < -0.3 is 9.47 Å². The fraction of sp³-hybridized carbons (Fsp3) is 0.250. The molecule has 0 saturated carbocycles. The van der Waals surface area contributed by atoms with Gasteiger partial charge in [0.2, 0.25) is 10.0 Å². The van der Waals surface area contributed by atoms with E-state index in [0.717, 1.165) is 39.8 Å². The Morgan fingerprint density at radius 2 is 1.68 bits per heavy atom. The van der Waals surface area contributed by atoms with Crippen molar-refractivity contribution >= 4 is 27.4 Å². The second-order valence-electron chi connectivity index (χ2n) is 7.83. The first-order valence-corrected chi connectivity index (χ1v) is 13.1. The Balaban J connectivity index is 1.47. The van der Waals surface area contributed by atoms with Crippen molar-refractivity contribution in [3.63, 3.8) is 0 Å². The Bertz CT molecular complexity index is 1430. The maximum Gasteiger partial charge on any atom is 0.243 e. The Morgan fingerprint density at radius 3 is 2.38 bits per heavy atom. The predicted octanol–water partition coefficient (Wildman–Crippen LogP) is 4.35. The van der Waals surface area contributed by atoms with Crippen LogP contribution in [-0.4, -0.2) is 54.4 Å². The van der Waals surface area contributed by atoms with Gasteiger partial charge in [0.1, 0.15) is 5.65 Å². The minimum Gasteiger partial charge on any atom is -0.493 e. The zero-order valence-corrected chi connectivity index (χ0v) is 20.5. The highest BCUT2D eigenvalue weighted by Gasteiger charge is 2.27. The van der Waals surface area contributed by atoms with Crippen LogP contribution in [-0.2, 0) is 10.0 Å². The van der Waals surface area contributed by atoms with Crippen molar-refractivity contribution in [2.75, 3.05) is 27.3 Å². The van der Waals surface area contributed by atoms with Crippen LogP contribution in [0.1, 0.15) is 12.8 Å². The Labute approximate surface area is 202 Å². The molecule has 1 aliphatic heterocycles. The van der Waals surface area contributed by atoms with E-state index in [-0.39, 0.29) is 0 Å². The zero-order chi connectivity index (χ0) is 23.7. The highest BCUT2D eigenvalue weighted by molar-refractivity contribution is 7.99. The summed E-state index contributed by atoms with van der Waals surface area (Å²) in [4.78, 5) is 10.5. The van der Waals surface area contributed by atoms with Crippen LogP contribution in [0.2, 0.25) is 0 Å². The fourth-order valence-corrected chi connectivity index (χ4v) is 6.37. The molecule has 0 bridgehead atoms. The average Bonchev–Trinajstić information content (AvgIpc) is 3.57. The second-order valence-corrected chi connectivity index (χ2v) is 10.8.